The molecule has 1 aliphatic heterocycles. The maximum absolute atomic E-state index is 5.72. The highest BCUT2D eigenvalue weighted by molar-refractivity contribution is 5.41. The van der Waals surface area contributed by atoms with Gasteiger partial charge in [-0.25, -0.2) is 0 Å². The normalized spacial score (nSPS) is 16.3. The van der Waals surface area contributed by atoms with E-state index in [1.165, 1.54) is 11.1 Å². The van der Waals surface area contributed by atoms with E-state index in [4.69, 9.17) is 14.2 Å². The third-order valence-electron chi connectivity index (χ3n) is 4.58. The predicted molar refractivity (Wildman–Crippen MR) is 101 cm³/mol. The summed E-state index contributed by atoms with van der Waals surface area (Å²) in [6, 6.07) is 16.7. The summed E-state index contributed by atoms with van der Waals surface area (Å²) in [6.07, 6.45) is 3.00. The van der Waals surface area contributed by atoms with Gasteiger partial charge in [-0.3, -0.25) is 0 Å². The molecule has 1 fully saturated rings. The minimum absolute atomic E-state index is 0.0855. The molecule has 2 aromatic carbocycles. The Morgan fingerprint density at radius 3 is 2.00 bits per heavy atom. The Morgan fingerprint density at radius 2 is 1.52 bits per heavy atom. The van der Waals surface area contributed by atoms with E-state index < -0.39 is 0 Å². The van der Waals surface area contributed by atoms with Crippen molar-refractivity contribution in [2.45, 2.75) is 31.8 Å². The molecule has 0 radical (unpaired) electrons. The zero-order valence-electron chi connectivity index (χ0n) is 15.0. The van der Waals surface area contributed by atoms with Gasteiger partial charge in [0.1, 0.15) is 24.2 Å². The van der Waals surface area contributed by atoms with E-state index in [0.29, 0.717) is 13.2 Å². The maximum Gasteiger partial charge on any atom is 0.119 e. The lowest BCUT2D eigenvalue weighted by molar-refractivity contribution is 0.263. The van der Waals surface area contributed by atoms with Gasteiger partial charge < -0.3 is 14.2 Å². The molecule has 0 spiro atoms. The molecule has 3 heteroatoms. The quantitative estimate of drug-likeness (QED) is 0.376. The van der Waals surface area contributed by atoms with Crippen molar-refractivity contribution in [1.82, 2.24) is 0 Å². The minimum Gasteiger partial charge on any atom is -0.493 e. The second kappa shape index (κ2) is 7.75. The van der Waals surface area contributed by atoms with Gasteiger partial charge in [-0.05, 0) is 41.8 Å². The lowest BCUT2D eigenvalue weighted by Crippen LogP contribution is -2.18. The first-order chi connectivity index (χ1) is 12.1. The number of benzene rings is 2. The maximum atomic E-state index is 5.72. The Hall–Kier alpha value is -2.26. The highest BCUT2D eigenvalue weighted by atomic mass is 16.6. The lowest BCUT2D eigenvalue weighted by Gasteiger charge is -2.26. The van der Waals surface area contributed by atoms with Crippen LogP contribution in [-0.2, 0) is 10.2 Å². The average molecular weight is 338 g/mol. The highest BCUT2D eigenvalue weighted by Crippen LogP contribution is 2.33. The average Bonchev–Trinajstić information content (AvgIpc) is 3.45. The molecule has 132 valence electrons. The summed E-state index contributed by atoms with van der Waals surface area (Å²) in [5.41, 5.74) is 2.42. The fourth-order valence-electron chi connectivity index (χ4n) is 2.72. The van der Waals surface area contributed by atoms with Crippen LogP contribution in [0.15, 0.2) is 61.2 Å². The Morgan fingerprint density at radius 1 is 1.00 bits per heavy atom. The molecule has 0 aliphatic carbocycles. The van der Waals surface area contributed by atoms with Gasteiger partial charge in [-0.15, -0.1) is 6.58 Å². The summed E-state index contributed by atoms with van der Waals surface area (Å²) < 4.78 is 16.6. The zero-order chi connectivity index (χ0) is 17.7. The number of ether oxygens (including phenoxy) is 3. The summed E-state index contributed by atoms with van der Waals surface area (Å²) >= 11 is 0. The molecule has 1 heterocycles. The van der Waals surface area contributed by atoms with Crippen molar-refractivity contribution >= 4 is 0 Å². The Kier molecular flexibility index (Phi) is 5.44. The predicted octanol–water partition coefficient (Wildman–Crippen LogP) is 4.75. The van der Waals surface area contributed by atoms with Crippen LogP contribution in [0, 0.1) is 0 Å². The number of hydrogen-bond donors (Lipinski definition) is 0. The van der Waals surface area contributed by atoms with Crippen LogP contribution in [0.3, 0.4) is 0 Å². The fourth-order valence-corrected chi connectivity index (χ4v) is 2.72. The van der Waals surface area contributed by atoms with Crippen molar-refractivity contribution in [1.29, 1.82) is 0 Å². The summed E-state index contributed by atoms with van der Waals surface area (Å²) in [7, 11) is 0. The van der Waals surface area contributed by atoms with E-state index in [0.717, 1.165) is 24.5 Å². The Balaban J connectivity index is 1.65. The monoisotopic (exact) mass is 338 g/mol. The van der Waals surface area contributed by atoms with Gasteiger partial charge in [0.25, 0.3) is 0 Å². The smallest absolute Gasteiger partial charge is 0.119 e. The van der Waals surface area contributed by atoms with Crippen LogP contribution in [0.4, 0.5) is 0 Å². The molecule has 1 saturated heterocycles. The summed E-state index contributed by atoms with van der Waals surface area (Å²) in [5, 5.41) is 0. The zero-order valence-corrected chi connectivity index (χ0v) is 15.0. The topological polar surface area (TPSA) is 31.0 Å². The van der Waals surface area contributed by atoms with Crippen LogP contribution in [0.1, 0.15) is 31.4 Å². The van der Waals surface area contributed by atoms with Gasteiger partial charge in [0.05, 0.1) is 13.2 Å². The van der Waals surface area contributed by atoms with Crippen molar-refractivity contribution in [3.8, 4) is 11.5 Å². The van der Waals surface area contributed by atoms with Gasteiger partial charge in [0, 0.05) is 5.41 Å². The largest absolute Gasteiger partial charge is 0.493 e. The van der Waals surface area contributed by atoms with Crippen LogP contribution in [0.2, 0.25) is 0 Å². The van der Waals surface area contributed by atoms with E-state index in [9.17, 15) is 0 Å². The summed E-state index contributed by atoms with van der Waals surface area (Å²) in [6.45, 7) is 10.3. The highest BCUT2D eigenvalue weighted by Gasteiger charge is 2.24. The molecule has 0 aromatic heterocycles. The first-order valence-corrected chi connectivity index (χ1v) is 8.79. The third kappa shape index (κ3) is 4.64. The molecular weight excluding hydrogens is 312 g/mol. The SMILES string of the molecule is C=CCCOc1ccc(C(C)(C)c2ccc(OCC3CO3)cc2)cc1. The van der Waals surface area contributed by atoms with E-state index in [1.807, 2.05) is 30.3 Å². The van der Waals surface area contributed by atoms with Crippen LogP contribution in [0.25, 0.3) is 0 Å². The van der Waals surface area contributed by atoms with Crippen molar-refractivity contribution in [3.05, 3.63) is 72.3 Å². The van der Waals surface area contributed by atoms with Gasteiger partial charge in [-0.1, -0.05) is 44.2 Å². The van der Waals surface area contributed by atoms with Crippen molar-refractivity contribution in [2.75, 3.05) is 19.8 Å². The van der Waals surface area contributed by atoms with Crippen molar-refractivity contribution in [3.63, 3.8) is 0 Å². The molecule has 3 rings (SSSR count). The molecule has 1 unspecified atom stereocenters. The van der Waals surface area contributed by atoms with Crippen LogP contribution in [0.5, 0.6) is 11.5 Å². The van der Waals surface area contributed by atoms with Gasteiger partial charge in [0.2, 0.25) is 0 Å². The van der Waals surface area contributed by atoms with Gasteiger partial charge >= 0.3 is 0 Å². The Labute approximate surface area is 150 Å². The molecule has 0 N–H and O–H groups in total. The molecule has 2 aromatic rings. The molecule has 1 atom stereocenters. The molecule has 1 aliphatic rings. The van der Waals surface area contributed by atoms with Gasteiger partial charge in [-0.2, -0.15) is 0 Å². The first-order valence-electron chi connectivity index (χ1n) is 8.79. The standard InChI is InChI=1S/C22H26O3/c1-4-5-14-23-19-10-6-17(7-11-19)22(2,3)18-8-12-20(13-9-18)24-15-21-16-25-21/h4,6-13,21H,1,5,14-16H2,2-3H3. The number of epoxide rings is 1. The van der Waals surface area contributed by atoms with Crippen LogP contribution >= 0.6 is 0 Å². The molecule has 3 nitrogen and oxygen atoms in total. The van der Waals surface area contributed by atoms with E-state index in [1.54, 1.807) is 0 Å². The van der Waals surface area contributed by atoms with Crippen LogP contribution < -0.4 is 9.47 Å². The number of hydrogen-bond acceptors (Lipinski definition) is 3. The van der Waals surface area contributed by atoms with E-state index >= 15 is 0 Å². The molecule has 0 amide bonds. The number of rotatable bonds is 9. The summed E-state index contributed by atoms with van der Waals surface area (Å²) in [5.74, 6) is 1.79. The second-order valence-electron chi connectivity index (χ2n) is 6.87. The van der Waals surface area contributed by atoms with Crippen molar-refractivity contribution in [2.24, 2.45) is 0 Å². The third-order valence-corrected chi connectivity index (χ3v) is 4.58. The van der Waals surface area contributed by atoms with Crippen LogP contribution in [-0.4, -0.2) is 25.9 Å². The van der Waals surface area contributed by atoms with E-state index in [2.05, 4.69) is 44.7 Å². The minimum atomic E-state index is -0.0855. The first kappa shape index (κ1) is 17.6. The van der Waals surface area contributed by atoms with Crippen molar-refractivity contribution < 1.29 is 14.2 Å². The Bertz CT molecular complexity index is 682. The molecule has 0 bridgehead atoms. The lowest BCUT2D eigenvalue weighted by atomic mass is 9.78. The van der Waals surface area contributed by atoms with Gasteiger partial charge in [0.15, 0.2) is 0 Å². The second-order valence-corrected chi connectivity index (χ2v) is 6.87. The molecule has 0 saturated carbocycles. The summed E-state index contributed by atoms with van der Waals surface area (Å²) in [4.78, 5) is 0. The van der Waals surface area contributed by atoms with E-state index in [-0.39, 0.29) is 11.5 Å². The molecule has 25 heavy (non-hydrogen) atoms. The molecular formula is C22H26O3. The fraction of sp³-hybridized carbons (Fsp3) is 0.364.